The maximum absolute atomic E-state index is 11.7. The van der Waals surface area contributed by atoms with Crippen LogP contribution in [0.3, 0.4) is 0 Å². The molecule has 1 aliphatic heterocycles. The average Bonchev–Trinajstić information content (AvgIpc) is 2.46. The van der Waals surface area contributed by atoms with Crippen molar-refractivity contribution >= 4 is 5.91 Å². The molecule has 0 spiro atoms. The van der Waals surface area contributed by atoms with Crippen molar-refractivity contribution in [1.82, 2.24) is 15.1 Å². The number of nitrogens with one attached hydrogen (secondary N) is 1. The van der Waals surface area contributed by atoms with Gasteiger partial charge in [0, 0.05) is 38.3 Å². The monoisotopic (exact) mass is 298 g/mol. The predicted octanol–water partition coefficient (Wildman–Crippen LogP) is 1.03. The molecule has 1 saturated heterocycles. The number of nitrogens with zero attached hydrogens (tertiary/aromatic N) is 2. The number of likely N-dealkylation sites (N-methyl/N-ethyl adjacent to an activating group) is 1. The van der Waals surface area contributed by atoms with Crippen LogP contribution in [-0.2, 0) is 4.79 Å². The lowest BCUT2D eigenvalue weighted by molar-refractivity contribution is -0.124. The van der Waals surface area contributed by atoms with Crippen molar-refractivity contribution in [2.24, 2.45) is 5.73 Å². The number of hydrogen-bond donors (Lipinski definition) is 2. The maximum Gasteiger partial charge on any atom is 0.237 e. The van der Waals surface area contributed by atoms with Gasteiger partial charge in [0.2, 0.25) is 5.91 Å². The number of primary amides is 1. The Labute approximate surface area is 130 Å². The number of amides is 1. The second-order valence-corrected chi connectivity index (χ2v) is 6.61. The molecule has 5 heteroatoms. The van der Waals surface area contributed by atoms with Gasteiger partial charge < -0.3 is 11.1 Å². The molecule has 21 heavy (non-hydrogen) atoms. The van der Waals surface area contributed by atoms with Crippen molar-refractivity contribution in [3.05, 3.63) is 0 Å². The van der Waals surface area contributed by atoms with Crippen LogP contribution < -0.4 is 11.1 Å². The van der Waals surface area contributed by atoms with Gasteiger partial charge in [-0.1, -0.05) is 13.8 Å². The molecular formula is C16H34N4O. The first-order chi connectivity index (χ1) is 9.84. The molecule has 0 aromatic heterocycles. The Bertz CT molecular complexity index is 328. The first kappa shape index (κ1) is 18.4. The molecule has 0 saturated carbocycles. The number of carbonyl (C=O) groups is 1. The quantitative estimate of drug-likeness (QED) is 0.703. The lowest BCUT2D eigenvalue weighted by Gasteiger charge is -2.42. The van der Waals surface area contributed by atoms with Gasteiger partial charge in [0.15, 0.2) is 0 Å². The summed E-state index contributed by atoms with van der Waals surface area (Å²) in [7, 11) is 0. The zero-order valence-electron chi connectivity index (χ0n) is 14.5. The van der Waals surface area contributed by atoms with E-state index in [9.17, 15) is 4.79 Å². The Hall–Kier alpha value is -0.650. The molecule has 1 aliphatic rings. The van der Waals surface area contributed by atoms with Crippen LogP contribution in [0.2, 0.25) is 0 Å². The molecule has 1 amide bonds. The van der Waals surface area contributed by atoms with Crippen molar-refractivity contribution in [3.8, 4) is 0 Å². The highest BCUT2D eigenvalue weighted by molar-refractivity contribution is 5.84. The van der Waals surface area contributed by atoms with E-state index in [1.165, 1.54) is 6.42 Å². The number of carbonyl (C=O) groups excluding carboxylic acids is 1. The zero-order chi connectivity index (χ0) is 16.0. The van der Waals surface area contributed by atoms with Gasteiger partial charge in [-0.3, -0.25) is 14.6 Å². The lowest BCUT2D eigenvalue weighted by Crippen LogP contribution is -2.58. The lowest BCUT2D eigenvalue weighted by atomic mass is 9.91. The van der Waals surface area contributed by atoms with E-state index in [1.807, 2.05) is 13.8 Å². The molecule has 3 N–H and O–H groups in total. The van der Waals surface area contributed by atoms with E-state index in [2.05, 4.69) is 35.9 Å². The Balaban J connectivity index is 2.53. The molecule has 5 nitrogen and oxygen atoms in total. The molecule has 3 unspecified atom stereocenters. The second kappa shape index (κ2) is 8.11. The van der Waals surface area contributed by atoms with Crippen molar-refractivity contribution < 1.29 is 4.79 Å². The second-order valence-electron chi connectivity index (χ2n) is 6.61. The molecule has 0 aromatic carbocycles. The molecular weight excluding hydrogens is 264 g/mol. The summed E-state index contributed by atoms with van der Waals surface area (Å²) in [5.41, 5.74) is 4.98. The minimum absolute atomic E-state index is 0.255. The molecule has 0 aromatic rings. The summed E-state index contributed by atoms with van der Waals surface area (Å²) in [5, 5.41) is 3.25. The fourth-order valence-corrected chi connectivity index (χ4v) is 3.25. The van der Waals surface area contributed by atoms with Gasteiger partial charge in [-0.25, -0.2) is 0 Å². The Morgan fingerprint density at radius 2 is 1.62 bits per heavy atom. The normalized spacial score (nSPS) is 23.5. The van der Waals surface area contributed by atoms with E-state index in [4.69, 9.17) is 5.73 Å². The molecule has 3 atom stereocenters. The molecule has 124 valence electrons. The molecule has 1 fully saturated rings. The third-order valence-corrected chi connectivity index (χ3v) is 5.00. The van der Waals surface area contributed by atoms with Crippen LogP contribution >= 0.6 is 0 Å². The topological polar surface area (TPSA) is 61.6 Å². The van der Waals surface area contributed by atoms with Crippen LogP contribution in [0.5, 0.6) is 0 Å². The SMILES string of the molecule is CCNC(C)(CC(C)N1CCN(C(C)CC)CC1)C(N)=O. The van der Waals surface area contributed by atoms with Crippen molar-refractivity contribution in [1.29, 1.82) is 0 Å². The van der Waals surface area contributed by atoms with Gasteiger partial charge in [0.25, 0.3) is 0 Å². The summed E-state index contributed by atoms with van der Waals surface area (Å²) in [6.45, 7) is 15.8. The highest BCUT2D eigenvalue weighted by Crippen LogP contribution is 2.18. The first-order valence-corrected chi connectivity index (χ1v) is 8.37. The van der Waals surface area contributed by atoms with E-state index < -0.39 is 5.54 Å². The fraction of sp³-hybridized carbons (Fsp3) is 0.938. The van der Waals surface area contributed by atoms with Gasteiger partial charge in [0.1, 0.15) is 0 Å². The summed E-state index contributed by atoms with van der Waals surface area (Å²) < 4.78 is 0. The Morgan fingerprint density at radius 1 is 1.14 bits per heavy atom. The maximum atomic E-state index is 11.7. The van der Waals surface area contributed by atoms with E-state index in [1.54, 1.807) is 0 Å². The zero-order valence-corrected chi connectivity index (χ0v) is 14.5. The van der Waals surface area contributed by atoms with Crippen LogP contribution in [0, 0.1) is 0 Å². The van der Waals surface area contributed by atoms with E-state index in [-0.39, 0.29) is 5.91 Å². The average molecular weight is 298 g/mol. The van der Waals surface area contributed by atoms with Crippen molar-refractivity contribution in [2.45, 2.75) is 65.1 Å². The minimum Gasteiger partial charge on any atom is -0.368 e. The Morgan fingerprint density at radius 3 is 2.00 bits per heavy atom. The number of piperazine rings is 1. The predicted molar refractivity (Wildman–Crippen MR) is 88.3 cm³/mol. The van der Waals surface area contributed by atoms with Crippen LogP contribution in [-0.4, -0.2) is 66.1 Å². The largest absolute Gasteiger partial charge is 0.368 e. The number of hydrogen-bond acceptors (Lipinski definition) is 4. The highest BCUT2D eigenvalue weighted by atomic mass is 16.1. The standard InChI is InChI=1S/C16H34N4O/c1-6-13(3)19-8-10-20(11-9-19)14(4)12-16(5,15(17)21)18-7-2/h13-14,18H,6-12H2,1-5H3,(H2,17,21). The fourth-order valence-electron chi connectivity index (χ4n) is 3.25. The summed E-state index contributed by atoms with van der Waals surface area (Å²) >= 11 is 0. The Kier molecular flexibility index (Phi) is 7.10. The summed E-state index contributed by atoms with van der Waals surface area (Å²) in [6.07, 6.45) is 1.97. The van der Waals surface area contributed by atoms with E-state index in [0.717, 1.165) is 39.1 Å². The molecule has 0 aliphatic carbocycles. The van der Waals surface area contributed by atoms with E-state index >= 15 is 0 Å². The van der Waals surface area contributed by atoms with Crippen molar-refractivity contribution in [3.63, 3.8) is 0 Å². The number of rotatable bonds is 8. The molecule has 0 radical (unpaired) electrons. The molecule has 0 bridgehead atoms. The first-order valence-electron chi connectivity index (χ1n) is 8.37. The van der Waals surface area contributed by atoms with E-state index in [0.29, 0.717) is 12.1 Å². The van der Waals surface area contributed by atoms with Crippen LogP contribution in [0.1, 0.15) is 47.5 Å². The molecule has 1 rings (SSSR count). The van der Waals surface area contributed by atoms with Gasteiger partial charge in [-0.15, -0.1) is 0 Å². The number of nitrogens with two attached hydrogens (primary N) is 1. The van der Waals surface area contributed by atoms with Gasteiger partial charge in [-0.05, 0) is 40.2 Å². The summed E-state index contributed by atoms with van der Waals surface area (Å²) in [4.78, 5) is 16.8. The summed E-state index contributed by atoms with van der Waals surface area (Å²) in [6, 6.07) is 1.03. The van der Waals surface area contributed by atoms with Gasteiger partial charge in [-0.2, -0.15) is 0 Å². The molecule has 1 heterocycles. The van der Waals surface area contributed by atoms with Crippen LogP contribution in [0.4, 0.5) is 0 Å². The van der Waals surface area contributed by atoms with Crippen molar-refractivity contribution in [2.75, 3.05) is 32.7 Å². The van der Waals surface area contributed by atoms with Crippen LogP contribution in [0.25, 0.3) is 0 Å². The summed E-state index contributed by atoms with van der Waals surface area (Å²) in [5.74, 6) is -0.255. The van der Waals surface area contributed by atoms with Gasteiger partial charge >= 0.3 is 0 Å². The third-order valence-electron chi connectivity index (χ3n) is 5.00. The highest BCUT2D eigenvalue weighted by Gasteiger charge is 2.34. The van der Waals surface area contributed by atoms with Crippen LogP contribution in [0.15, 0.2) is 0 Å². The smallest absolute Gasteiger partial charge is 0.237 e. The van der Waals surface area contributed by atoms with Gasteiger partial charge in [0.05, 0.1) is 5.54 Å². The third kappa shape index (κ3) is 4.94. The minimum atomic E-state index is -0.609.